The molecule has 0 aromatic rings. The fourth-order valence-electron chi connectivity index (χ4n) is 0.702. The van der Waals surface area contributed by atoms with Crippen LogP contribution in [0.2, 0.25) is 0 Å². The van der Waals surface area contributed by atoms with Gasteiger partial charge in [-0.15, -0.1) is 0 Å². The molecule has 1 rings (SSSR count). The van der Waals surface area contributed by atoms with Crippen LogP contribution >= 0.6 is 0 Å². The van der Waals surface area contributed by atoms with Crippen LogP contribution in [0.1, 0.15) is 12.8 Å². The van der Waals surface area contributed by atoms with Crippen molar-refractivity contribution in [1.29, 1.82) is 0 Å². The summed E-state index contributed by atoms with van der Waals surface area (Å²) in [5.74, 6) is -4.72. The summed E-state index contributed by atoms with van der Waals surface area (Å²) >= 11 is 0. The van der Waals surface area contributed by atoms with Crippen LogP contribution in [0.4, 0.5) is 8.78 Å². The van der Waals surface area contributed by atoms with E-state index in [9.17, 15) is 13.6 Å². The SMILES string of the molecule is O=C(O)C[C@@H]1CC1(F)F. The Morgan fingerprint density at radius 3 is 2.33 bits per heavy atom. The third-order valence-electron chi connectivity index (χ3n) is 1.38. The molecule has 0 unspecified atom stereocenters. The van der Waals surface area contributed by atoms with Gasteiger partial charge in [0, 0.05) is 12.3 Å². The molecule has 1 N–H and O–H groups in total. The Morgan fingerprint density at radius 1 is 1.78 bits per heavy atom. The summed E-state index contributed by atoms with van der Waals surface area (Å²) < 4.78 is 23.8. The molecule has 9 heavy (non-hydrogen) atoms. The van der Waals surface area contributed by atoms with Crippen LogP contribution in [0, 0.1) is 5.92 Å². The van der Waals surface area contributed by atoms with Gasteiger partial charge in [0.1, 0.15) is 0 Å². The summed E-state index contributed by atoms with van der Waals surface area (Å²) in [6.07, 6.45) is -0.647. The minimum absolute atomic E-state index is 0.251. The fourth-order valence-corrected chi connectivity index (χ4v) is 0.702. The monoisotopic (exact) mass is 136 g/mol. The van der Waals surface area contributed by atoms with Crippen molar-refractivity contribution in [3.05, 3.63) is 0 Å². The second kappa shape index (κ2) is 1.65. The molecule has 1 aliphatic carbocycles. The van der Waals surface area contributed by atoms with Gasteiger partial charge in [0.2, 0.25) is 0 Å². The first kappa shape index (κ1) is 6.45. The maximum absolute atomic E-state index is 11.9. The van der Waals surface area contributed by atoms with Crippen molar-refractivity contribution in [2.45, 2.75) is 18.8 Å². The lowest BCUT2D eigenvalue weighted by atomic mass is 10.3. The molecule has 1 atom stereocenters. The van der Waals surface area contributed by atoms with Gasteiger partial charge in [0.25, 0.3) is 5.92 Å². The zero-order chi connectivity index (χ0) is 7.07. The highest BCUT2D eigenvalue weighted by atomic mass is 19.3. The number of halogens is 2. The van der Waals surface area contributed by atoms with Gasteiger partial charge in [0.15, 0.2) is 0 Å². The van der Waals surface area contributed by atoms with E-state index in [4.69, 9.17) is 5.11 Å². The smallest absolute Gasteiger partial charge is 0.303 e. The van der Waals surface area contributed by atoms with Crippen LogP contribution in [-0.2, 0) is 4.79 Å². The van der Waals surface area contributed by atoms with E-state index in [1.807, 2.05) is 0 Å². The molecule has 1 aliphatic rings. The second-order valence-corrected chi connectivity index (χ2v) is 2.26. The van der Waals surface area contributed by atoms with Crippen molar-refractivity contribution in [3.8, 4) is 0 Å². The lowest BCUT2D eigenvalue weighted by Crippen LogP contribution is -2.01. The molecule has 0 aromatic carbocycles. The van der Waals surface area contributed by atoms with E-state index in [2.05, 4.69) is 0 Å². The van der Waals surface area contributed by atoms with Crippen LogP contribution < -0.4 is 0 Å². The highest BCUT2D eigenvalue weighted by Gasteiger charge is 2.57. The maximum atomic E-state index is 11.9. The van der Waals surface area contributed by atoms with Gasteiger partial charge in [-0.3, -0.25) is 4.79 Å². The standard InChI is InChI=1S/C5H6F2O2/c6-5(7)2-3(5)1-4(8)9/h3H,1-2H2,(H,8,9)/t3-/m1/s1. The molecule has 0 heterocycles. The van der Waals surface area contributed by atoms with Crippen molar-refractivity contribution in [1.82, 2.24) is 0 Å². The van der Waals surface area contributed by atoms with E-state index >= 15 is 0 Å². The Bertz CT molecular complexity index is 144. The predicted octanol–water partition coefficient (Wildman–Crippen LogP) is 1.12. The maximum Gasteiger partial charge on any atom is 0.303 e. The van der Waals surface area contributed by atoms with E-state index in [0.717, 1.165) is 0 Å². The molecule has 2 nitrogen and oxygen atoms in total. The van der Waals surface area contributed by atoms with E-state index in [-0.39, 0.29) is 6.42 Å². The van der Waals surface area contributed by atoms with E-state index in [0.29, 0.717) is 0 Å². The van der Waals surface area contributed by atoms with Crippen LogP contribution in [0.25, 0.3) is 0 Å². The summed E-state index contributed by atoms with van der Waals surface area (Å²) in [4.78, 5) is 9.80. The van der Waals surface area contributed by atoms with Crippen molar-refractivity contribution < 1.29 is 18.7 Å². The molecule has 0 bridgehead atoms. The second-order valence-electron chi connectivity index (χ2n) is 2.26. The normalized spacial score (nSPS) is 29.8. The average molecular weight is 136 g/mol. The van der Waals surface area contributed by atoms with Gasteiger partial charge in [-0.25, -0.2) is 8.78 Å². The number of carboxylic acids is 1. The molecular formula is C5H6F2O2. The molecule has 4 heteroatoms. The Balaban J connectivity index is 2.28. The van der Waals surface area contributed by atoms with E-state index in [1.54, 1.807) is 0 Å². The summed E-state index contributed by atoms with van der Waals surface area (Å²) in [6, 6.07) is 0. The Morgan fingerprint density at radius 2 is 2.22 bits per heavy atom. The Kier molecular flexibility index (Phi) is 1.18. The van der Waals surface area contributed by atoms with Crippen LogP contribution in [0.3, 0.4) is 0 Å². The first-order chi connectivity index (χ1) is 4.02. The van der Waals surface area contributed by atoms with E-state index in [1.165, 1.54) is 0 Å². The quantitative estimate of drug-likeness (QED) is 0.617. The van der Waals surface area contributed by atoms with E-state index < -0.39 is 24.2 Å². The first-order valence-corrected chi connectivity index (χ1v) is 2.62. The van der Waals surface area contributed by atoms with Crippen LogP contribution in [0.15, 0.2) is 0 Å². The highest BCUT2D eigenvalue weighted by molar-refractivity contribution is 5.67. The molecule has 0 saturated heterocycles. The average Bonchev–Trinajstić information content (AvgIpc) is 2.10. The number of aliphatic carboxylic acids is 1. The summed E-state index contributed by atoms with van der Waals surface area (Å²) in [6.45, 7) is 0. The summed E-state index contributed by atoms with van der Waals surface area (Å²) in [7, 11) is 0. The lowest BCUT2D eigenvalue weighted by Gasteiger charge is -1.90. The molecule has 1 fully saturated rings. The molecule has 0 aromatic heterocycles. The molecule has 0 amide bonds. The summed E-state index contributed by atoms with van der Waals surface area (Å²) in [5, 5.41) is 8.02. The minimum atomic E-state index is -2.68. The van der Waals surface area contributed by atoms with Crippen LogP contribution in [-0.4, -0.2) is 17.0 Å². The number of alkyl halides is 2. The largest absolute Gasteiger partial charge is 0.481 e. The van der Waals surface area contributed by atoms with Crippen LogP contribution in [0.5, 0.6) is 0 Å². The first-order valence-electron chi connectivity index (χ1n) is 2.62. The summed E-state index contributed by atoms with van der Waals surface area (Å²) in [5.41, 5.74) is 0. The Hall–Kier alpha value is -0.670. The van der Waals surface area contributed by atoms with Gasteiger partial charge in [0.05, 0.1) is 6.42 Å². The zero-order valence-electron chi connectivity index (χ0n) is 4.60. The van der Waals surface area contributed by atoms with Gasteiger partial charge in [-0.05, 0) is 0 Å². The molecule has 0 radical (unpaired) electrons. The minimum Gasteiger partial charge on any atom is -0.481 e. The topological polar surface area (TPSA) is 37.3 Å². The highest BCUT2D eigenvalue weighted by Crippen LogP contribution is 2.50. The number of carbonyl (C=O) groups is 1. The lowest BCUT2D eigenvalue weighted by molar-refractivity contribution is -0.138. The van der Waals surface area contributed by atoms with Crippen molar-refractivity contribution >= 4 is 5.97 Å². The third-order valence-corrected chi connectivity index (χ3v) is 1.38. The molecule has 52 valence electrons. The van der Waals surface area contributed by atoms with Gasteiger partial charge >= 0.3 is 5.97 Å². The number of rotatable bonds is 2. The molecule has 0 spiro atoms. The fraction of sp³-hybridized carbons (Fsp3) is 0.800. The van der Waals surface area contributed by atoms with Gasteiger partial charge in [-0.1, -0.05) is 0 Å². The molecular weight excluding hydrogens is 130 g/mol. The Labute approximate surface area is 50.5 Å². The van der Waals surface area contributed by atoms with Crippen molar-refractivity contribution in [3.63, 3.8) is 0 Å². The zero-order valence-corrected chi connectivity index (χ0v) is 4.60. The predicted molar refractivity (Wildman–Crippen MR) is 25.3 cm³/mol. The van der Waals surface area contributed by atoms with Gasteiger partial charge in [-0.2, -0.15) is 0 Å². The number of carboxylic acid groups (broad SMARTS) is 1. The van der Waals surface area contributed by atoms with Crippen molar-refractivity contribution in [2.75, 3.05) is 0 Å². The van der Waals surface area contributed by atoms with Gasteiger partial charge < -0.3 is 5.11 Å². The number of hydrogen-bond acceptors (Lipinski definition) is 1. The van der Waals surface area contributed by atoms with Crippen molar-refractivity contribution in [2.24, 2.45) is 5.92 Å². The molecule has 1 saturated carbocycles. The number of hydrogen-bond donors (Lipinski definition) is 1. The third kappa shape index (κ3) is 1.37. The molecule has 0 aliphatic heterocycles.